The van der Waals surface area contributed by atoms with E-state index in [0.29, 0.717) is 31.3 Å². The average molecular weight is 410 g/mol. The maximum atomic E-state index is 13.0. The van der Waals surface area contributed by atoms with Crippen molar-refractivity contribution in [1.82, 2.24) is 4.31 Å². The summed E-state index contributed by atoms with van der Waals surface area (Å²) in [7, 11) is -3.71. The highest BCUT2D eigenvalue weighted by Gasteiger charge is 2.40. The molecule has 154 valence electrons. The minimum Gasteiger partial charge on any atom is -0.492 e. The molecule has 1 aliphatic heterocycles. The molecule has 1 aromatic rings. The van der Waals surface area contributed by atoms with Gasteiger partial charge in [-0.1, -0.05) is 6.92 Å². The highest BCUT2D eigenvalue weighted by Crippen LogP contribution is 2.38. The molecule has 0 spiro atoms. The fourth-order valence-electron chi connectivity index (χ4n) is 3.22. The third-order valence-corrected chi connectivity index (χ3v) is 6.89. The maximum absolute atomic E-state index is 13.0. The van der Waals surface area contributed by atoms with E-state index in [4.69, 9.17) is 9.47 Å². The normalized spacial score (nSPS) is 21.9. The molecular formula is C19H26N2O6S. The number of hydrogen-bond donors (Lipinski definition) is 1. The first-order chi connectivity index (χ1) is 13.3. The van der Waals surface area contributed by atoms with Gasteiger partial charge in [-0.2, -0.15) is 4.31 Å². The summed E-state index contributed by atoms with van der Waals surface area (Å²) in [6.45, 7) is 4.60. The number of benzene rings is 1. The van der Waals surface area contributed by atoms with Gasteiger partial charge in [-0.05, 0) is 50.3 Å². The summed E-state index contributed by atoms with van der Waals surface area (Å²) in [6, 6.07) is 4.48. The van der Waals surface area contributed by atoms with Crippen molar-refractivity contribution in [3.05, 3.63) is 18.2 Å². The Morgan fingerprint density at radius 2 is 1.93 bits per heavy atom. The Hall–Kier alpha value is -2.13. The molecule has 1 amide bonds. The van der Waals surface area contributed by atoms with Crippen LogP contribution in [0.25, 0.3) is 0 Å². The van der Waals surface area contributed by atoms with Crippen LogP contribution < -0.4 is 10.1 Å². The third-order valence-electron chi connectivity index (χ3n) is 4.97. The molecule has 3 rings (SSSR count). The van der Waals surface area contributed by atoms with Gasteiger partial charge in [0.25, 0.3) is 5.91 Å². The number of carbonyl (C=O) groups excluding carboxylic acids is 2. The summed E-state index contributed by atoms with van der Waals surface area (Å²) < 4.78 is 37.8. The molecule has 9 heteroatoms. The lowest BCUT2D eigenvalue weighted by atomic mass is 10.3. The molecule has 0 radical (unpaired) electrons. The third kappa shape index (κ3) is 4.64. The topological polar surface area (TPSA) is 102 Å². The van der Waals surface area contributed by atoms with E-state index in [9.17, 15) is 18.0 Å². The van der Waals surface area contributed by atoms with Gasteiger partial charge < -0.3 is 14.8 Å². The fourth-order valence-corrected chi connectivity index (χ4v) is 4.90. The summed E-state index contributed by atoms with van der Waals surface area (Å²) in [5.41, 5.74) is 0.307. The number of sulfonamides is 1. The van der Waals surface area contributed by atoms with Gasteiger partial charge in [0, 0.05) is 18.8 Å². The first-order valence-electron chi connectivity index (χ1n) is 9.56. The maximum Gasteiger partial charge on any atom is 0.309 e. The molecule has 8 nitrogen and oxygen atoms in total. The van der Waals surface area contributed by atoms with Crippen molar-refractivity contribution in [3.8, 4) is 5.75 Å². The number of rotatable bonds is 8. The van der Waals surface area contributed by atoms with Gasteiger partial charge in [0.05, 0.1) is 12.5 Å². The molecule has 1 aliphatic carbocycles. The van der Waals surface area contributed by atoms with Gasteiger partial charge in [0.2, 0.25) is 10.0 Å². The molecule has 1 saturated carbocycles. The Kier molecular flexibility index (Phi) is 6.24. The monoisotopic (exact) mass is 410 g/mol. The van der Waals surface area contributed by atoms with Crippen LogP contribution in [-0.4, -0.2) is 50.9 Å². The predicted octanol–water partition coefficient (Wildman–Crippen LogP) is 2.01. The Bertz CT molecular complexity index is 848. The molecule has 0 unspecified atom stereocenters. The van der Waals surface area contributed by atoms with Crippen LogP contribution in [0.1, 0.15) is 33.1 Å². The van der Waals surface area contributed by atoms with E-state index in [-0.39, 0.29) is 22.5 Å². The number of nitrogens with one attached hydrogen (secondary N) is 1. The molecule has 2 atom stereocenters. The molecule has 1 aromatic carbocycles. The smallest absolute Gasteiger partial charge is 0.309 e. The van der Waals surface area contributed by atoms with Gasteiger partial charge in [0.15, 0.2) is 6.61 Å². The zero-order chi connectivity index (χ0) is 20.3. The number of nitrogens with zero attached hydrogens (tertiary/aromatic N) is 1. The minimum absolute atomic E-state index is 0.0258. The molecule has 1 heterocycles. The van der Waals surface area contributed by atoms with E-state index in [2.05, 4.69) is 5.32 Å². The van der Waals surface area contributed by atoms with Crippen molar-refractivity contribution in [2.24, 2.45) is 11.8 Å². The number of hydrogen-bond acceptors (Lipinski definition) is 6. The molecule has 0 aromatic heterocycles. The zero-order valence-electron chi connectivity index (χ0n) is 16.1. The van der Waals surface area contributed by atoms with Crippen LogP contribution in [0.3, 0.4) is 0 Å². The van der Waals surface area contributed by atoms with Gasteiger partial charge in [-0.25, -0.2) is 8.42 Å². The van der Waals surface area contributed by atoms with E-state index in [0.717, 1.165) is 19.3 Å². The number of anilines is 1. The van der Waals surface area contributed by atoms with Crippen molar-refractivity contribution in [1.29, 1.82) is 0 Å². The van der Waals surface area contributed by atoms with Crippen LogP contribution in [-0.2, 0) is 24.3 Å². The fraction of sp³-hybridized carbons (Fsp3) is 0.579. The Morgan fingerprint density at radius 3 is 2.54 bits per heavy atom. The second kappa shape index (κ2) is 8.48. The summed E-state index contributed by atoms with van der Waals surface area (Å²) in [5.74, 6) is -0.445. The highest BCUT2D eigenvalue weighted by molar-refractivity contribution is 7.89. The second-order valence-corrected chi connectivity index (χ2v) is 9.09. The minimum atomic E-state index is -3.71. The molecule has 0 bridgehead atoms. The first-order valence-corrected chi connectivity index (χ1v) is 11.0. The number of esters is 1. The predicted molar refractivity (Wildman–Crippen MR) is 102 cm³/mol. The molecule has 2 aliphatic rings. The van der Waals surface area contributed by atoms with E-state index in [1.165, 1.54) is 16.4 Å². The standard InChI is InChI=1S/C19H26N2O6S/c1-3-26-16-7-6-14(11-17(16)28(24,25)21-8-4-5-9-21)20-18(22)12-27-19(23)15-10-13(15)2/h6-7,11,13,15H,3-5,8-10,12H2,1-2H3,(H,20,22)/t13-,15-/m0/s1. The molecule has 1 N–H and O–H groups in total. The van der Waals surface area contributed by atoms with Crippen LogP contribution in [0, 0.1) is 11.8 Å². The van der Waals surface area contributed by atoms with E-state index < -0.39 is 22.5 Å². The lowest BCUT2D eigenvalue weighted by Gasteiger charge is -2.19. The highest BCUT2D eigenvalue weighted by atomic mass is 32.2. The largest absolute Gasteiger partial charge is 0.492 e. The molecule has 2 fully saturated rings. The number of carbonyl (C=O) groups is 2. The molecule has 1 saturated heterocycles. The second-order valence-electron chi connectivity index (χ2n) is 7.18. The van der Waals surface area contributed by atoms with Crippen LogP contribution in [0.4, 0.5) is 5.69 Å². The Labute approximate surface area is 165 Å². The van der Waals surface area contributed by atoms with Crippen molar-refractivity contribution in [2.75, 3.05) is 31.6 Å². The van der Waals surface area contributed by atoms with Crippen molar-refractivity contribution in [2.45, 2.75) is 38.0 Å². The SMILES string of the molecule is CCOc1ccc(NC(=O)COC(=O)[C@H]2C[C@@H]2C)cc1S(=O)(=O)N1CCCC1. The lowest BCUT2D eigenvalue weighted by Crippen LogP contribution is -2.28. The first kappa shape index (κ1) is 20.6. The van der Waals surface area contributed by atoms with Crippen LogP contribution >= 0.6 is 0 Å². The van der Waals surface area contributed by atoms with Crippen LogP contribution in [0.2, 0.25) is 0 Å². The van der Waals surface area contributed by atoms with Gasteiger partial charge >= 0.3 is 5.97 Å². The molecular weight excluding hydrogens is 384 g/mol. The van der Waals surface area contributed by atoms with Crippen LogP contribution in [0.5, 0.6) is 5.75 Å². The van der Waals surface area contributed by atoms with Crippen LogP contribution in [0.15, 0.2) is 23.1 Å². The number of ether oxygens (including phenoxy) is 2. The van der Waals surface area contributed by atoms with E-state index >= 15 is 0 Å². The van der Waals surface area contributed by atoms with E-state index in [1.54, 1.807) is 13.0 Å². The van der Waals surface area contributed by atoms with E-state index in [1.807, 2.05) is 6.92 Å². The summed E-state index contributed by atoms with van der Waals surface area (Å²) in [4.78, 5) is 23.8. The molecule has 28 heavy (non-hydrogen) atoms. The van der Waals surface area contributed by atoms with Crippen molar-refractivity contribution >= 4 is 27.6 Å². The van der Waals surface area contributed by atoms with Gasteiger partial charge in [0.1, 0.15) is 10.6 Å². The summed E-state index contributed by atoms with van der Waals surface area (Å²) in [6.07, 6.45) is 2.44. The summed E-state index contributed by atoms with van der Waals surface area (Å²) >= 11 is 0. The number of amides is 1. The van der Waals surface area contributed by atoms with Gasteiger partial charge in [-0.15, -0.1) is 0 Å². The Morgan fingerprint density at radius 1 is 1.25 bits per heavy atom. The zero-order valence-corrected chi connectivity index (χ0v) is 17.0. The van der Waals surface area contributed by atoms with Gasteiger partial charge in [-0.3, -0.25) is 9.59 Å². The quantitative estimate of drug-likeness (QED) is 0.658. The van der Waals surface area contributed by atoms with Crippen molar-refractivity contribution in [3.63, 3.8) is 0 Å². The summed E-state index contributed by atoms with van der Waals surface area (Å²) in [5, 5.41) is 2.59. The average Bonchev–Trinajstić information content (AvgIpc) is 3.15. The van der Waals surface area contributed by atoms with Crippen molar-refractivity contribution < 1.29 is 27.5 Å². The lowest BCUT2D eigenvalue weighted by molar-refractivity contribution is -0.148. The Balaban J connectivity index is 1.71.